The first-order valence-corrected chi connectivity index (χ1v) is 12.8. The molecule has 37 heavy (non-hydrogen) atoms. The largest absolute Gasteiger partial charge is 0.375 e. The van der Waals surface area contributed by atoms with Crippen molar-refractivity contribution in [1.82, 2.24) is 19.9 Å². The first-order valence-electron chi connectivity index (χ1n) is 12.8. The fraction of sp³-hybridized carbons (Fsp3) is 0.414. The van der Waals surface area contributed by atoms with Crippen LogP contribution in [-0.4, -0.2) is 65.2 Å². The van der Waals surface area contributed by atoms with Gasteiger partial charge < -0.3 is 14.5 Å². The predicted octanol–water partition coefficient (Wildman–Crippen LogP) is 4.40. The van der Waals surface area contributed by atoms with Crippen LogP contribution in [0.5, 0.6) is 0 Å². The topological polar surface area (TPSA) is 95.2 Å². The summed E-state index contributed by atoms with van der Waals surface area (Å²) in [5, 5.41) is 11.2. The molecule has 190 valence electrons. The van der Waals surface area contributed by atoms with Crippen LogP contribution in [0.25, 0.3) is 28.1 Å². The van der Waals surface area contributed by atoms with E-state index in [9.17, 15) is 10.1 Å². The number of methoxy groups -OCH3 is 1. The third-order valence-corrected chi connectivity index (χ3v) is 7.32. The van der Waals surface area contributed by atoms with Crippen molar-refractivity contribution in [1.29, 1.82) is 5.26 Å². The van der Waals surface area contributed by atoms with Gasteiger partial charge in [0.1, 0.15) is 18.5 Å². The van der Waals surface area contributed by atoms with Gasteiger partial charge in [0.15, 0.2) is 0 Å². The van der Waals surface area contributed by atoms with Crippen LogP contribution < -0.4 is 4.90 Å². The molecule has 8 heteroatoms. The van der Waals surface area contributed by atoms with Crippen LogP contribution in [-0.2, 0) is 9.53 Å². The Morgan fingerprint density at radius 3 is 2.76 bits per heavy atom. The molecule has 1 atom stereocenters. The van der Waals surface area contributed by atoms with Crippen LogP contribution in [0, 0.1) is 17.2 Å². The molecular formula is C29H32N6O2. The summed E-state index contributed by atoms with van der Waals surface area (Å²) in [4.78, 5) is 30.9. The van der Waals surface area contributed by atoms with Crippen molar-refractivity contribution >= 4 is 28.7 Å². The van der Waals surface area contributed by atoms with Gasteiger partial charge in [0, 0.05) is 49.8 Å². The van der Waals surface area contributed by atoms with Gasteiger partial charge in [0.25, 0.3) is 0 Å². The lowest BCUT2D eigenvalue weighted by Crippen LogP contribution is -2.58. The normalized spacial score (nSPS) is 17.8. The van der Waals surface area contributed by atoms with E-state index in [1.165, 1.54) is 0 Å². The minimum absolute atomic E-state index is 0.000381. The molecular weight excluding hydrogens is 464 g/mol. The highest BCUT2D eigenvalue weighted by atomic mass is 16.5. The highest BCUT2D eigenvalue weighted by molar-refractivity contribution is 5.96. The molecule has 1 unspecified atom stereocenters. The maximum Gasteiger partial charge on any atom is 0.248 e. The lowest BCUT2D eigenvalue weighted by molar-refractivity contribution is -0.139. The van der Waals surface area contributed by atoms with Crippen molar-refractivity contribution in [3.63, 3.8) is 0 Å². The van der Waals surface area contributed by atoms with Gasteiger partial charge in [0.2, 0.25) is 5.91 Å². The SMILES string of the molecule is C=Cc1cc(-c2cc(C#N)c(N3CCN(C(=O)COC)C(C(C)C)C3)nc2C2CC2)c2ccncc2n1. The van der Waals surface area contributed by atoms with Gasteiger partial charge in [-0.05, 0) is 48.6 Å². The number of pyridine rings is 3. The number of ether oxygens (including phenoxy) is 1. The molecule has 2 fully saturated rings. The maximum absolute atomic E-state index is 12.7. The van der Waals surface area contributed by atoms with Gasteiger partial charge in [-0.2, -0.15) is 5.26 Å². The molecule has 0 aromatic carbocycles. The zero-order chi connectivity index (χ0) is 26.1. The van der Waals surface area contributed by atoms with Crippen LogP contribution in [0.3, 0.4) is 0 Å². The highest BCUT2D eigenvalue weighted by Gasteiger charge is 2.35. The molecule has 0 bridgehead atoms. The monoisotopic (exact) mass is 496 g/mol. The number of carbonyl (C=O) groups is 1. The van der Waals surface area contributed by atoms with E-state index in [1.807, 2.05) is 23.1 Å². The van der Waals surface area contributed by atoms with E-state index >= 15 is 0 Å². The van der Waals surface area contributed by atoms with Crippen molar-refractivity contribution in [3.05, 3.63) is 54.1 Å². The van der Waals surface area contributed by atoms with Gasteiger partial charge in [-0.15, -0.1) is 0 Å². The number of hydrogen-bond donors (Lipinski definition) is 0. The summed E-state index contributed by atoms with van der Waals surface area (Å²) < 4.78 is 5.11. The molecule has 0 radical (unpaired) electrons. The number of anilines is 1. The number of fused-ring (bicyclic) bond motifs is 1. The number of carbonyl (C=O) groups excluding carboxylic acids is 1. The number of rotatable bonds is 7. The molecule has 8 nitrogen and oxygen atoms in total. The molecule has 3 aromatic heterocycles. The van der Waals surface area contributed by atoms with Crippen molar-refractivity contribution in [2.45, 2.75) is 38.6 Å². The third-order valence-electron chi connectivity index (χ3n) is 7.32. The summed E-state index contributed by atoms with van der Waals surface area (Å²) in [7, 11) is 1.54. The quantitative estimate of drug-likeness (QED) is 0.478. The van der Waals surface area contributed by atoms with Crippen LogP contribution in [0.4, 0.5) is 5.82 Å². The van der Waals surface area contributed by atoms with Crippen LogP contribution in [0.1, 0.15) is 49.6 Å². The predicted molar refractivity (Wildman–Crippen MR) is 144 cm³/mol. The van der Waals surface area contributed by atoms with E-state index in [1.54, 1.807) is 25.6 Å². The molecule has 1 aliphatic heterocycles. The van der Waals surface area contributed by atoms with E-state index in [2.05, 4.69) is 41.4 Å². The lowest BCUT2D eigenvalue weighted by Gasteiger charge is -2.44. The van der Waals surface area contributed by atoms with Gasteiger partial charge >= 0.3 is 0 Å². The summed E-state index contributed by atoms with van der Waals surface area (Å²) in [5.41, 5.74) is 5.07. The van der Waals surface area contributed by atoms with E-state index in [0.29, 0.717) is 36.9 Å². The van der Waals surface area contributed by atoms with Crippen molar-refractivity contribution in [2.75, 3.05) is 38.3 Å². The summed E-state index contributed by atoms with van der Waals surface area (Å²) in [6.07, 6.45) is 7.42. The number of aromatic nitrogens is 3. The van der Waals surface area contributed by atoms with E-state index in [4.69, 9.17) is 9.72 Å². The van der Waals surface area contributed by atoms with Gasteiger partial charge in [-0.25, -0.2) is 9.97 Å². The van der Waals surface area contributed by atoms with Crippen LogP contribution in [0.2, 0.25) is 0 Å². The lowest BCUT2D eigenvalue weighted by atomic mass is 9.95. The highest BCUT2D eigenvalue weighted by Crippen LogP contribution is 2.46. The van der Waals surface area contributed by atoms with Crippen LogP contribution >= 0.6 is 0 Å². The maximum atomic E-state index is 12.7. The average Bonchev–Trinajstić information content (AvgIpc) is 3.77. The minimum Gasteiger partial charge on any atom is -0.375 e. The Balaban J connectivity index is 1.59. The summed E-state index contributed by atoms with van der Waals surface area (Å²) >= 11 is 0. The van der Waals surface area contributed by atoms with Gasteiger partial charge in [0.05, 0.1) is 34.7 Å². The second-order valence-electron chi connectivity index (χ2n) is 10.1. The molecule has 4 heterocycles. The second kappa shape index (κ2) is 10.3. The first-order chi connectivity index (χ1) is 17.9. The molecule has 0 spiro atoms. The van der Waals surface area contributed by atoms with Crippen molar-refractivity contribution < 1.29 is 9.53 Å². The number of nitriles is 1. The Kier molecular flexibility index (Phi) is 6.90. The minimum atomic E-state index is 0.000381. The Labute approximate surface area is 217 Å². The summed E-state index contributed by atoms with van der Waals surface area (Å²) in [6, 6.07) is 8.40. The third kappa shape index (κ3) is 4.79. The Hall–Kier alpha value is -3.83. The molecule has 1 saturated heterocycles. The van der Waals surface area contributed by atoms with E-state index in [-0.39, 0.29) is 24.5 Å². The molecule has 1 saturated carbocycles. The number of amides is 1. The zero-order valence-electron chi connectivity index (χ0n) is 21.6. The van der Waals surface area contributed by atoms with E-state index in [0.717, 1.165) is 46.3 Å². The van der Waals surface area contributed by atoms with Crippen LogP contribution in [0.15, 0.2) is 37.2 Å². The molecule has 2 aliphatic rings. The number of piperazine rings is 1. The standard InChI is InChI=1S/C29H32N6O2/c1-5-21-13-23(22-8-9-31-15-25(22)32-21)24-12-20(14-30)29(33-28(24)19-6-7-19)34-10-11-35(27(36)17-37-4)26(16-34)18(2)3/h5,8-9,12-13,15,18-19,26H,1,6-7,10-11,16-17H2,2-4H3. The first kappa shape index (κ1) is 24.8. The van der Waals surface area contributed by atoms with Crippen molar-refractivity contribution in [3.8, 4) is 17.2 Å². The Morgan fingerprint density at radius 2 is 2.08 bits per heavy atom. The molecule has 1 aliphatic carbocycles. The fourth-order valence-electron chi connectivity index (χ4n) is 5.24. The number of nitrogens with zero attached hydrogens (tertiary/aromatic N) is 6. The summed E-state index contributed by atoms with van der Waals surface area (Å²) in [5.74, 6) is 1.33. The van der Waals surface area contributed by atoms with Gasteiger partial charge in [-0.1, -0.05) is 20.4 Å². The smallest absolute Gasteiger partial charge is 0.248 e. The second-order valence-corrected chi connectivity index (χ2v) is 10.1. The zero-order valence-corrected chi connectivity index (χ0v) is 21.6. The Bertz CT molecular complexity index is 1390. The number of hydrogen-bond acceptors (Lipinski definition) is 7. The molecule has 5 rings (SSSR count). The fourth-order valence-corrected chi connectivity index (χ4v) is 5.24. The Morgan fingerprint density at radius 1 is 1.27 bits per heavy atom. The van der Waals surface area contributed by atoms with E-state index < -0.39 is 0 Å². The molecule has 0 N–H and O–H groups in total. The molecule has 1 amide bonds. The summed E-state index contributed by atoms with van der Waals surface area (Å²) in [6.45, 7) is 10.1. The average molecular weight is 497 g/mol. The molecule has 3 aromatic rings. The van der Waals surface area contributed by atoms with Gasteiger partial charge in [-0.3, -0.25) is 9.78 Å². The van der Waals surface area contributed by atoms with Crippen molar-refractivity contribution in [2.24, 2.45) is 5.92 Å².